The van der Waals surface area contributed by atoms with Crippen LogP contribution in [-0.4, -0.2) is 16.3 Å². The predicted molar refractivity (Wildman–Crippen MR) is 63.9 cm³/mol. The molecular formula is C11H12BrN3. The second-order valence-corrected chi connectivity index (χ2v) is 4.95. The molecule has 2 heterocycles. The number of hydrogen-bond donors (Lipinski definition) is 1. The van der Waals surface area contributed by atoms with Gasteiger partial charge in [0.15, 0.2) is 0 Å². The number of hydrogen-bond acceptors (Lipinski definition) is 2. The van der Waals surface area contributed by atoms with E-state index in [0.717, 1.165) is 23.1 Å². The van der Waals surface area contributed by atoms with Gasteiger partial charge in [0.05, 0.1) is 17.3 Å². The van der Waals surface area contributed by atoms with Crippen LogP contribution < -0.4 is 5.32 Å². The third-order valence-corrected chi connectivity index (χ3v) is 3.41. The summed E-state index contributed by atoms with van der Waals surface area (Å²) in [6.07, 6.45) is 0. The summed E-state index contributed by atoms with van der Waals surface area (Å²) >= 11 is 3.48. The third-order valence-electron chi connectivity index (χ3n) is 2.91. The highest BCUT2D eigenvalue weighted by molar-refractivity contribution is 9.10. The van der Waals surface area contributed by atoms with Gasteiger partial charge in [-0.1, -0.05) is 15.9 Å². The molecule has 3 rings (SSSR count). The summed E-state index contributed by atoms with van der Waals surface area (Å²) in [6, 6.07) is 6.73. The Bertz CT molecular complexity index is 518. The van der Waals surface area contributed by atoms with E-state index in [1.807, 2.05) is 0 Å². The van der Waals surface area contributed by atoms with Crippen molar-refractivity contribution in [3.05, 3.63) is 28.4 Å². The van der Waals surface area contributed by atoms with Crippen LogP contribution >= 0.6 is 15.9 Å². The molecular weight excluding hydrogens is 254 g/mol. The molecule has 0 saturated carbocycles. The van der Waals surface area contributed by atoms with Crippen LogP contribution in [0.2, 0.25) is 0 Å². The van der Waals surface area contributed by atoms with Crippen LogP contribution in [0.25, 0.3) is 10.9 Å². The van der Waals surface area contributed by atoms with Crippen LogP contribution in [-0.2, 0) is 6.54 Å². The minimum absolute atomic E-state index is 0.444. The first-order valence-electron chi connectivity index (χ1n) is 5.13. The van der Waals surface area contributed by atoms with Gasteiger partial charge in [-0.15, -0.1) is 0 Å². The zero-order valence-corrected chi connectivity index (χ0v) is 10.1. The fourth-order valence-corrected chi connectivity index (χ4v) is 2.51. The molecule has 0 bridgehead atoms. The Balaban J connectivity index is 2.30. The number of nitrogens with one attached hydrogen (secondary N) is 1. The highest BCUT2D eigenvalue weighted by atomic mass is 79.9. The molecule has 0 radical (unpaired) electrons. The Morgan fingerprint density at radius 1 is 1.53 bits per heavy atom. The van der Waals surface area contributed by atoms with E-state index >= 15 is 0 Å². The monoisotopic (exact) mass is 265 g/mol. The van der Waals surface area contributed by atoms with Crippen molar-refractivity contribution in [2.75, 3.05) is 6.54 Å². The second kappa shape index (κ2) is 3.32. The number of aromatic nitrogens is 2. The van der Waals surface area contributed by atoms with Gasteiger partial charge in [-0.05, 0) is 25.1 Å². The van der Waals surface area contributed by atoms with Gasteiger partial charge in [0.2, 0.25) is 0 Å². The molecule has 1 unspecified atom stereocenters. The first-order valence-corrected chi connectivity index (χ1v) is 5.92. The number of rotatable bonds is 0. The lowest BCUT2D eigenvalue weighted by Crippen LogP contribution is -2.31. The SMILES string of the molecule is CC1CNCc2c3ccc(Br)cc3nn21. The van der Waals surface area contributed by atoms with E-state index in [1.54, 1.807) is 0 Å². The molecule has 2 aromatic rings. The summed E-state index contributed by atoms with van der Waals surface area (Å²) in [5.74, 6) is 0. The van der Waals surface area contributed by atoms with Gasteiger partial charge in [-0.2, -0.15) is 5.10 Å². The van der Waals surface area contributed by atoms with Gasteiger partial charge in [0.25, 0.3) is 0 Å². The highest BCUT2D eigenvalue weighted by Gasteiger charge is 2.19. The van der Waals surface area contributed by atoms with Crippen molar-refractivity contribution in [1.29, 1.82) is 0 Å². The Kier molecular flexibility index (Phi) is 2.07. The Labute approximate surface area is 96.6 Å². The molecule has 3 nitrogen and oxygen atoms in total. The van der Waals surface area contributed by atoms with Crippen LogP contribution in [0.3, 0.4) is 0 Å². The van der Waals surface area contributed by atoms with Gasteiger partial charge < -0.3 is 5.32 Å². The summed E-state index contributed by atoms with van der Waals surface area (Å²) < 4.78 is 3.24. The van der Waals surface area contributed by atoms with Gasteiger partial charge in [-0.25, -0.2) is 0 Å². The molecule has 0 aliphatic carbocycles. The van der Waals surface area contributed by atoms with E-state index in [4.69, 9.17) is 0 Å². The van der Waals surface area contributed by atoms with E-state index < -0.39 is 0 Å². The quantitative estimate of drug-likeness (QED) is 0.793. The average Bonchev–Trinajstić information content (AvgIpc) is 2.57. The molecule has 15 heavy (non-hydrogen) atoms. The van der Waals surface area contributed by atoms with Crippen molar-refractivity contribution in [3.63, 3.8) is 0 Å². The summed E-state index contributed by atoms with van der Waals surface area (Å²) in [5.41, 5.74) is 2.38. The Morgan fingerprint density at radius 2 is 2.40 bits per heavy atom. The first-order chi connectivity index (χ1) is 7.25. The summed E-state index contributed by atoms with van der Waals surface area (Å²) in [5, 5.41) is 9.31. The van der Waals surface area contributed by atoms with Crippen molar-refractivity contribution in [2.45, 2.75) is 19.5 Å². The van der Waals surface area contributed by atoms with Crippen LogP contribution in [0.15, 0.2) is 22.7 Å². The van der Waals surface area contributed by atoms with E-state index in [1.165, 1.54) is 11.1 Å². The zero-order chi connectivity index (χ0) is 10.4. The lowest BCUT2D eigenvalue weighted by atomic mass is 10.1. The van der Waals surface area contributed by atoms with E-state index in [0.29, 0.717) is 6.04 Å². The first kappa shape index (κ1) is 9.36. The third kappa shape index (κ3) is 1.40. The lowest BCUT2D eigenvalue weighted by Gasteiger charge is -2.21. The van der Waals surface area contributed by atoms with Crippen LogP contribution in [0.4, 0.5) is 0 Å². The summed E-state index contributed by atoms with van der Waals surface area (Å²) in [6.45, 7) is 4.11. The summed E-state index contributed by atoms with van der Waals surface area (Å²) in [4.78, 5) is 0. The largest absolute Gasteiger partial charge is 0.309 e. The van der Waals surface area contributed by atoms with E-state index in [-0.39, 0.29) is 0 Å². The standard InChI is InChI=1S/C11H12BrN3/c1-7-5-13-6-11-9-3-2-8(12)4-10(9)14-15(7)11/h2-4,7,13H,5-6H2,1H3. The van der Waals surface area contributed by atoms with Crippen LogP contribution in [0.1, 0.15) is 18.7 Å². The maximum atomic E-state index is 4.64. The van der Waals surface area contributed by atoms with Gasteiger partial charge in [0.1, 0.15) is 0 Å². The lowest BCUT2D eigenvalue weighted by molar-refractivity contribution is 0.395. The van der Waals surface area contributed by atoms with Crippen molar-refractivity contribution in [3.8, 4) is 0 Å². The molecule has 1 aliphatic rings. The molecule has 0 saturated heterocycles. The maximum absolute atomic E-state index is 4.64. The van der Waals surface area contributed by atoms with Crippen LogP contribution in [0.5, 0.6) is 0 Å². The Hall–Kier alpha value is -0.870. The average molecular weight is 266 g/mol. The van der Waals surface area contributed by atoms with Gasteiger partial charge in [-0.3, -0.25) is 4.68 Å². The number of nitrogens with zero attached hydrogens (tertiary/aromatic N) is 2. The number of benzene rings is 1. The van der Waals surface area contributed by atoms with Crippen molar-refractivity contribution < 1.29 is 0 Å². The minimum atomic E-state index is 0.444. The molecule has 78 valence electrons. The normalized spacial score (nSPS) is 20.5. The fourth-order valence-electron chi connectivity index (χ4n) is 2.16. The van der Waals surface area contributed by atoms with Gasteiger partial charge in [0, 0.05) is 22.9 Å². The number of fused-ring (bicyclic) bond motifs is 3. The Morgan fingerprint density at radius 3 is 3.27 bits per heavy atom. The molecule has 1 atom stereocenters. The minimum Gasteiger partial charge on any atom is -0.309 e. The molecule has 1 aromatic heterocycles. The molecule has 1 aromatic carbocycles. The molecule has 1 N–H and O–H groups in total. The molecule has 0 fully saturated rings. The van der Waals surface area contributed by atoms with Gasteiger partial charge >= 0.3 is 0 Å². The highest BCUT2D eigenvalue weighted by Crippen LogP contribution is 2.26. The van der Waals surface area contributed by atoms with Crippen molar-refractivity contribution in [1.82, 2.24) is 15.1 Å². The smallest absolute Gasteiger partial charge is 0.0938 e. The fraction of sp³-hybridized carbons (Fsp3) is 0.364. The number of halogens is 1. The summed E-state index contributed by atoms with van der Waals surface area (Å²) in [7, 11) is 0. The van der Waals surface area contributed by atoms with Crippen molar-refractivity contribution >= 4 is 26.8 Å². The topological polar surface area (TPSA) is 29.9 Å². The van der Waals surface area contributed by atoms with E-state index in [9.17, 15) is 0 Å². The van der Waals surface area contributed by atoms with E-state index in [2.05, 4.69) is 56.2 Å². The zero-order valence-electron chi connectivity index (χ0n) is 8.50. The molecule has 0 amide bonds. The molecule has 0 spiro atoms. The second-order valence-electron chi connectivity index (χ2n) is 4.03. The van der Waals surface area contributed by atoms with Crippen molar-refractivity contribution in [2.24, 2.45) is 0 Å². The molecule has 4 heteroatoms. The van der Waals surface area contributed by atoms with Crippen LogP contribution in [0, 0.1) is 0 Å². The maximum Gasteiger partial charge on any atom is 0.0938 e. The predicted octanol–water partition coefficient (Wildman–Crippen LogP) is 2.46. The molecule has 1 aliphatic heterocycles.